The molecule has 332 valence electrons. The molecule has 6 radical (unpaired) electrons. The van der Waals surface area contributed by atoms with Crippen LogP contribution in [0.3, 0.4) is 0 Å². The van der Waals surface area contributed by atoms with Gasteiger partial charge in [0, 0.05) is 0 Å². The zero-order valence-corrected chi connectivity index (χ0v) is 49.8. The van der Waals surface area contributed by atoms with Gasteiger partial charge in [-0.05, 0) is 7.05 Å². The third kappa shape index (κ3) is 7.18. The van der Waals surface area contributed by atoms with E-state index in [1.807, 2.05) is 0 Å². The molecule has 6 aromatic carbocycles. The van der Waals surface area contributed by atoms with Gasteiger partial charge in [0.2, 0.25) is 0 Å². The summed E-state index contributed by atoms with van der Waals surface area (Å²) in [6.45, 7) is 28.7. The average Bonchev–Trinajstić information content (AvgIpc) is 3.62. The van der Waals surface area contributed by atoms with Crippen LogP contribution < -0.4 is 37.7 Å². The van der Waals surface area contributed by atoms with Crippen LogP contribution in [0.15, 0.2) is 103 Å². The minimum atomic E-state index is -0.951. The molecule has 7 heteroatoms. The Morgan fingerprint density at radius 3 is 1.70 bits per heavy atom. The molecule has 1 aromatic heterocycles. The van der Waals surface area contributed by atoms with E-state index in [9.17, 15) is 0 Å². The van der Waals surface area contributed by atoms with Gasteiger partial charge < -0.3 is 5.73 Å². The monoisotopic (exact) mass is 1270 g/mol. The normalized spacial score (nSPS) is 16.5. The van der Waals surface area contributed by atoms with E-state index in [0.29, 0.717) is 0 Å². The summed E-state index contributed by atoms with van der Waals surface area (Å²) in [5, 5.41) is 5.74. The fourth-order valence-corrected chi connectivity index (χ4v) is 18.2. The van der Waals surface area contributed by atoms with Gasteiger partial charge in [-0.15, -0.1) is 0 Å². The molecule has 0 fully saturated rings. The molecule has 2 N–H and O–H groups in total. The number of rotatable bonds is 3. The zero-order chi connectivity index (χ0) is 47.2. The molecule has 4 nitrogen and oxygen atoms in total. The van der Waals surface area contributed by atoms with Gasteiger partial charge in [0.1, 0.15) is 0 Å². The average molecular weight is 1270 g/mol. The number of aromatic nitrogens is 1. The summed E-state index contributed by atoms with van der Waals surface area (Å²) >= 11 is 2.02. The van der Waals surface area contributed by atoms with Crippen molar-refractivity contribution in [2.75, 3.05) is 16.8 Å². The van der Waals surface area contributed by atoms with Gasteiger partial charge in [0.15, 0.2) is 0 Å². The van der Waals surface area contributed by atoms with Gasteiger partial charge >= 0.3 is 406 Å². The molecule has 66 heavy (non-hydrogen) atoms. The Morgan fingerprint density at radius 2 is 1.12 bits per heavy atom. The third-order valence-corrected chi connectivity index (χ3v) is 20.5. The SMILES string of the molecule is CN.Cc1cc2c(cc1C(C)(C)C)N(c1cc[c]([Pb])c(C(C)(C)C)c1)c1cc(-n3c4c(c5ccccc53)C=CCC4)cc3c1P2c1cc2c(cc1N3c1cc[c]([Pb])c(C(C)(C)C)c1)C2(C)C. The Balaban J connectivity index is 0.00000252. The molecular weight excluding hydrogens is 1210 g/mol. The Labute approximate surface area is 427 Å². The van der Waals surface area contributed by atoms with E-state index < -0.39 is 7.92 Å². The van der Waals surface area contributed by atoms with E-state index in [1.165, 1.54) is 125 Å². The summed E-state index contributed by atoms with van der Waals surface area (Å²) in [4.78, 5) is 5.39. The van der Waals surface area contributed by atoms with Gasteiger partial charge in [-0.25, -0.2) is 0 Å². The number of anilines is 6. The summed E-state index contributed by atoms with van der Waals surface area (Å²) in [7, 11) is 0.549. The standard InChI is InChI=1S/C58H58N3P.CH5N.2Pb/c1-35-27-52-48(32-43(35)57(8,9)10)59(38-21-17-19-36(28-38)55(2,3)4)50-30-40(61-46-25-15-13-23-41(46)42-24-14-16-26-47(42)61)31-51-54(50)62(52)53-34-45-44(58(45,11)12)33-49(53)60(51)39-22-18-20-37(29-39)56(5,6)7;1-2;;/h13-15,17-18,21-25,27-34H,16,26H2,1-12H3;2H2,1H3;;. The summed E-state index contributed by atoms with van der Waals surface area (Å²) in [6, 6.07) is 39.5. The molecule has 3 heterocycles. The second kappa shape index (κ2) is 16.0. The molecule has 0 amide bonds. The van der Waals surface area contributed by atoms with Crippen molar-refractivity contribution >= 4 is 133 Å². The van der Waals surface area contributed by atoms with Crippen LogP contribution in [-0.2, 0) is 28.1 Å². The van der Waals surface area contributed by atoms with Crippen molar-refractivity contribution < 1.29 is 0 Å². The molecular formula is C59H63N4PPb2. The van der Waals surface area contributed by atoms with Crippen molar-refractivity contribution in [1.82, 2.24) is 4.57 Å². The van der Waals surface area contributed by atoms with Crippen LogP contribution in [-0.4, -0.2) is 63.1 Å². The topological polar surface area (TPSA) is 37.4 Å². The van der Waals surface area contributed by atoms with Crippen LogP contribution in [0.1, 0.15) is 127 Å². The van der Waals surface area contributed by atoms with Gasteiger partial charge in [0.05, 0.1) is 0 Å². The van der Waals surface area contributed by atoms with E-state index >= 15 is 0 Å². The van der Waals surface area contributed by atoms with E-state index in [4.69, 9.17) is 0 Å². The fourth-order valence-electron chi connectivity index (χ4n) is 11.2. The van der Waals surface area contributed by atoms with Gasteiger partial charge in [-0.2, -0.15) is 0 Å². The molecule has 4 aliphatic rings. The molecule has 0 spiro atoms. The van der Waals surface area contributed by atoms with Crippen LogP contribution in [0.4, 0.5) is 34.1 Å². The van der Waals surface area contributed by atoms with Crippen molar-refractivity contribution in [3.63, 3.8) is 0 Å². The van der Waals surface area contributed by atoms with Crippen LogP contribution >= 0.6 is 7.92 Å². The summed E-state index contributed by atoms with van der Waals surface area (Å²) < 4.78 is 5.59. The van der Waals surface area contributed by atoms with E-state index in [-0.39, 0.29) is 21.7 Å². The van der Waals surface area contributed by atoms with Crippen molar-refractivity contribution in [3.05, 3.63) is 148 Å². The van der Waals surface area contributed by atoms with E-state index in [2.05, 4.69) is 212 Å². The number of nitrogens with zero attached hydrogens (tertiary/aromatic N) is 3. The van der Waals surface area contributed by atoms with Crippen LogP contribution in [0, 0.1) is 6.92 Å². The Morgan fingerprint density at radius 1 is 0.591 bits per heavy atom. The molecule has 0 bridgehead atoms. The predicted molar refractivity (Wildman–Crippen MR) is 290 cm³/mol. The van der Waals surface area contributed by atoms with Gasteiger partial charge in [-0.1, -0.05) is 12.1 Å². The van der Waals surface area contributed by atoms with Crippen molar-refractivity contribution in [2.24, 2.45) is 5.73 Å². The second-order valence-electron chi connectivity index (χ2n) is 22.4. The summed E-state index contributed by atoms with van der Waals surface area (Å²) in [5.74, 6) is 0. The van der Waals surface area contributed by atoms with E-state index in [1.54, 1.807) is 0 Å². The van der Waals surface area contributed by atoms with Crippen LogP contribution in [0.5, 0.6) is 0 Å². The number of benzene rings is 6. The molecule has 0 saturated carbocycles. The molecule has 1 atom stereocenters. The van der Waals surface area contributed by atoms with Gasteiger partial charge in [-0.3, -0.25) is 0 Å². The molecule has 7 aromatic rings. The number of hydrogen-bond acceptors (Lipinski definition) is 3. The first-order valence-corrected chi connectivity index (χ1v) is 28.9. The number of fused-ring (bicyclic) bond motifs is 8. The quantitative estimate of drug-likeness (QED) is 0.141. The Bertz CT molecular complexity index is 3200. The summed E-state index contributed by atoms with van der Waals surface area (Å²) in [6.07, 6.45) is 6.81. The maximum atomic E-state index is 4.50. The number of allylic oxidation sites excluding steroid dienone is 1. The fraction of sp³-hybridized carbons (Fsp3) is 0.322. The first-order chi connectivity index (χ1) is 31.1. The van der Waals surface area contributed by atoms with E-state index in [0.717, 1.165) is 64.4 Å². The second-order valence-corrected chi connectivity index (χ2v) is 28.6. The minimum absolute atomic E-state index is 0.0189. The zero-order valence-electron chi connectivity index (χ0n) is 41.2. The molecule has 2 aliphatic heterocycles. The molecule has 1 unspecified atom stereocenters. The van der Waals surface area contributed by atoms with Crippen LogP contribution in [0.2, 0.25) is 0 Å². The Kier molecular flexibility index (Phi) is 11.2. The van der Waals surface area contributed by atoms with Crippen molar-refractivity contribution in [3.8, 4) is 5.69 Å². The number of hydrogen-bond donors (Lipinski definition) is 1. The molecule has 2 aliphatic carbocycles. The van der Waals surface area contributed by atoms with Gasteiger partial charge in [0.25, 0.3) is 0 Å². The first-order valence-electron chi connectivity index (χ1n) is 23.7. The molecule has 11 rings (SSSR count). The maximum absolute atomic E-state index is 4.50. The predicted octanol–water partition coefficient (Wildman–Crippen LogP) is 11.9. The van der Waals surface area contributed by atoms with Crippen LogP contribution in [0.25, 0.3) is 22.7 Å². The van der Waals surface area contributed by atoms with Crippen molar-refractivity contribution in [1.29, 1.82) is 0 Å². The Hall–Kier alpha value is -3.57. The summed E-state index contributed by atoms with van der Waals surface area (Å²) in [5.41, 5.74) is 26.4. The molecule has 0 saturated heterocycles. The number of nitrogens with two attached hydrogens (primary N) is 1. The number of para-hydroxylation sites is 1. The first kappa shape index (κ1) is 46.2. The van der Waals surface area contributed by atoms with Crippen molar-refractivity contribution in [2.45, 2.75) is 118 Å². The number of aryl methyl sites for hydroxylation is 1. The third-order valence-electron chi connectivity index (χ3n) is 14.5.